The molecule has 0 radical (unpaired) electrons. The second kappa shape index (κ2) is 8.12. The van der Waals surface area contributed by atoms with Gasteiger partial charge in [0.1, 0.15) is 0 Å². The van der Waals surface area contributed by atoms with Crippen LogP contribution >= 0.6 is 0 Å². The third-order valence-corrected chi connectivity index (χ3v) is 3.97. The van der Waals surface area contributed by atoms with E-state index in [2.05, 4.69) is 29.4 Å². The van der Waals surface area contributed by atoms with Gasteiger partial charge in [-0.05, 0) is 26.0 Å². The molecule has 1 aromatic heterocycles. The van der Waals surface area contributed by atoms with Crippen LogP contribution in [0.4, 0.5) is 0 Å². The Morgan fingerprint density at radius 2 is 2.00 bits per heavy atom. The van der Waals surface area contributed by atoms with Crippen molar-refractivity contribution in [2.75, 3.05) is 39.4 Å². The van der Waals surface area contributed by atoms with Crippen LogP contribution < -0.4 is 10.6 Å². The fraction of sp³-hybridized carbons (Fsp3) is 0.625. The van der Waals surface area contributed by atoms with Gasteiger partial charge in [0.05, 0.1) is 19.5 Å². The number of morpholine rings is 1. The van der Waals surface area contributed by atoms with Gasteiger partial charge in [0, 0.05) is 38.1 Å². The van der Waals surface area contributed by atoms with Crippen molar-refractivity contribution >= 4 is 11.8 Å². The molecule has 2 heterocycles. The van der Waals surface area contributed by atoms with Gasteiger partial charge in [-0.2, -0.15) is 0 Å². The summed E-state index contributed by atoms with van der Waals surface area (Å²) in [5, 5.41) is 5.59. The van der Waals surface area contributed by atoms with Crippen LogP contribution in [0.3, 0.4) is 0 Å². The van der Waals surface area contributed by atoms with E-state index in [1.54, 1.807) is 12.1 Å². The van der Waals surface area contributed by atoms with Crippen LogP contribution in [0.5, 0.6) is 0 Å². The third kappa shape index (κ3) is 5.37. The molecule has 2 rings (SSSR count). The number of furan rings is 1. The SMILES string of the molecule is CC(C)(CNC(=O)CCNC(=O)c1ccco1)N1CCOCC1. The van der Waals surface area contributed by atoms with E-state index in [0.29, 0.717) is 6.54 Å². The molecule has 0 atom stereocenters. The fourth-order valence-corrected chi connectivity index (χ4v) is 2.47. The molecule has 23 heavy (non-hydrogen) atoms. The summed E-state index contributed by atoms with van der Waals surface area (Å²) in [7, 11) is 0. The van der Waals surface area contributed by atoms with E-state index in [-0.39, 0.29) is 36.1 Å². The number of nitrogens with zero attached hydrogens (tertiary/aromatic N) is 1. The van der Waals surface area contributed by atoms with Crippen LogP contribution in [-0.2, 0) is 9.53 Å². The summed E-state index contributed by atoms with van der Waals surface area (Å²) < 4.78 is 10.3. The van der Waals surface area contributed by atoms with Crippen molar-refractivity contribution in [1.82, 2.24) is 15.5 Å². The molecule has 2 amide bonds. The number of hydrogen-bond acceptors (Lipinski definition) is 5. The van der Waals surface area contributed by atoms with E-state index in [4.69, 9.17) is 9.15 Å². The lowest BCUT2D eigenvalue weighted by Crippen LogP contribution is -2.55. The Hall–Kier alpha value is -1.86. The highest BCUT2D eigenvalue weighted by atomic mass is 16.5. The van der Waals surface area contributed by atoms with E-state index in [0.717, 1.165) is 26.3 Å². The minimum atomic E-state index is -0.309. The second-order valence-electron chi connectivity index (χ2n) is 6.17. The van der Waals surface area contributed by atoms with Gasteiger partial charge < -0.3 is 19.8 Å². The van der Waals surface area contributed by atoms with Crippen LogP contribution in [0.1, 0.15) is 30.8 Å². The van der Waals surface area contributed by atoms with Crippen molar-refractivity contribution < 1.29 is 18.7 Å². The first-order valence-corrected chi connectivity index (χ1v) is 7.90. The molecule has 0 saturated carbocycles. The maximum absolute atomic E-state index is 11.9. The first kappa shape index (κ1) is 17.5. The molecule has 0 aromatic carbocycles. The average molecular weight is 323 g/mol. The summed E-state index contributed by atoms with van der Waals surface area (Å²) in [4.78, 5) is 25.9. The lowest BCUT2D eigenvalue weighted by Gasteiger charge is -2.40. The van der Waals surface area contributed by atoms with Gasteiger partial charge in [0.2, 0.25) is 5.91 Å². The summed E-state index contributed by atoms with van der Waals surface area (Å²) >= 11 is 0. The van der Waals surface area contributed by atoms with Gasteiger partial charge in [-0.25, -0.2) is 0 Å². The Kier molecular flexibility index (Phi) is 6.18. The Balaban J connectivity index is 1.65. The van der Waals surface area contributed by atoms with Gasteiger partial charge >= 0.3 is 0 Å². The molecule has 2 N–H and O–H groups in total. The number of rotatable bonds is 7. The molecule has 1 saturated heterocycles. The normalized spacial score (nSPS) is 16.1. The highest BCUT2D eigenvalue weighted by molar-refractivity contribution is 5.91. The van der Waals surface area contributed by atoms with Crippen molar-refractivity contribution in [2.45, 2.75) is 25.8 Å². The number of carbonyl (C=O) groups excluding carboxylic acids is 2. The summed E-state index contributed by atoms with van der Waals surface area (Å²) in [6, 6.07) is 3.23. The standard InChI is InChI=1S/C16H25N3O4/c1-16(2,19-7-10-22-11-8-19)12-18-14(20)5-6-17-15(21)13-4-3-9-23-13/h3-4,9H,5-8,10-12H2,1-2H3,(H,17,21)(H,18,20). The number of carbonyl (C=O) groups is 2. The Labute approximate surface area is 136 Å². The van der Waals surface area contributed by atoms with Crippen molar-refractivity contribution in [3.8, 4) is 0 Å². The first-order valence-electron chi connectivity index (χ1n) is 7.90. The maximum atomic E-state index is 11.9. The molecule has 1 aliphatic rings. The average Bonchev–Trinajstić information content (AvgIpc) is 3.08. The zero-order valence-corrected chi connectivity index (χ0v) is 13.8. The van der Waals surface area contributed by atoms with Crippen LogP contribution in [-0.4, -0.2) is 61.6 Å². The Bertz CT molecular complexity index is 507. The topological polar surface area (TPSA) is 83.8 Å². The second-order valence-corrected chi connectivity index (χ2v) is 6.17. The smallest absolute Gasteiger partial charge is 0.286 e. The number of ether oxygens (including phenoxy) is 1. The summed E-state index contributed by atoms with van der Waals surface area (Å²) in [5.74, 6) is -0.138. The van der Waals surface area contributed by atoms with Crippen molar-refractivity contribution in [1.29, 1.82) is 0 Å². The monoisotopic (exact) mass is 323 g/mol. The molecule has 128 valence electrons. The molecule has 7 heteroatoms. The lowest BCUT2D eigenvalue weighted by molar-refractivity contribution is -0.121. The fourth-order valence-electron chi connectivity index (χ4n) is 2.47. The van der Waals surface area contributed by atoms with Gasteiger partial charge in [0.15, 0.2) is 5.76 Å². The van der Waals surface area contributed by atoms with Crippen molar-refractivity contribution in [3.05, 3.63) is 24.2 Å². The predicted octanol–water partition coefficient (Wildman–Crippen LogP) is 0.627. The van der Waals surface area contributed by atoms with E-state index in [1.165, 1.54) is 6.26 Å². The van der Waals surface area contributed by atoms with Gasteiger partial charge in [-0.15, -0.1) is 0 Å². The molecule has 0 aliphatic carbocycles. The van der Waals surface area contributed by atoms with Crippen LogP contribution in [0.2, 0.25) is 0 Å². The maximum Gasteiger partial charge on any atom is 0.286 e. The molecular formula is C16H25N3O4. The summed E-state index contributed by atoms with van der Waals surface area (Å²) in [6.45, 7) is 8.28. The minimum absolute atomic E-state index is 0.0777. The summed E-state index contributed by atoms with van der Waals surface area (Å²) in [6.07, 6.45) is 1.68. The predicted molar refractivity (Wildman–Crippen MR) is 85.1 cm³/mol. The minimum Gasteiger partial charge on any atom is -0.459 e. The van der Waals surface area contributed by atoms with Gasteiger partial charge in [-0.1, -0.05) is 0 Å². The Morgan fingerprint density at radius 3 is 2.65 bits per heavy atom. The zero-order chi connectivity index (χ0) is 16.7. The highest BCUT2D eigenvalue weighted by Crippen LogP contribution is 2.15. The number of nitrogens with one attached hydrogen (secondary N) is 2. The molecule has 1 fully saturated rings. The molecule has 0 bridgehead atoms. The van der Waals surface area contributed by atoms with E-state index >= 15 is 0 Å². The summed E-state index contributed by atoms with van der Waals surface area (Å²) in [5.41, 5.74) is -0.114. The van der Waals surface area contributed by atoms with Crippen LogP contribution in [0.15, 0.2) is 22.8 Å². The molecule has 1 aromatic rings. The van der Waals surface area contributed by atoms with Crippen molar-refractivity contribution in [2.24, 2.45) is 0 Å². The van der Waals surface area contributed by atoms with Crippen LogP contribution in [0.25, 0.3) is 0 Å². The molecule has 7 nitrogen and oxygen atoms in total. The van der Waals surface area contributed by atoms with Crippen LogP contribution in [0, 0.1) is 0 Å². The van der Waals surface area contributed by atoms with Crippen molar-refractivity contribution in [3.63, 3.8) is 0 Å². The number of hydrogen-bond donors (Lipinski definition) is 2. The molecule has 0 spiro atoms. The highest BCUT2D eigenvalue weighted by Gasteiger charge is 2.28. The quantitative estimate of drug-likeness (QED) is 0.769. The number of amides is 2. The van der Waals surface area contributed by atoms with Gasteiger partial charge in [-0.3, -0.25) is 14.5 Å². The Morgan fingerprint density at radius 1 is 1.26 bits per heavy atom. The van der Waals surface area contributed by atoms with E-state index in [9.17, 15) is 9.59 Å². The molecular weight excluding hydrogens is 298 g/mol. The van der Waals surface area contributed by atoms with E-state index in [1.807, 2.05) is 0 Å². The largest absolute Gasteiger partial charge is 0.459 e. The first-order chi connectivity index (χ1) is 11.0. The molecule has 0 unspecified atom stereocenters. The third-order valence-electron chi connectivity index (χ3n) is 3.97. The lowest BCUT2D eigenvalue weighted by atomic mass is 10.0. The van der Waals surface area contributed by atoms with Gasteiger partial charge in [0.25, 0.3) is 5.91 Å². The molecule has 1 aliphatic heterocycles. The zero-order valence-electron chi connectivity index (χ0n) is 13.8. The van der Waals surface area contributed by atoms with E-state index < -0.39 is 0 Å².